The predicted molar refractivity (Wildman–Crippen MR) is 110 cm³/mol. The van der Waals surface area contributed by atoms with Crippen molar-refractivity contribution in [2.24, 2.45) is 5.10 Å². The molecule has 170 valence electrons. The summed E-state index contributed by atoms with van der Waals surface area (Å²) in [6, 6.07) is 2.26. The number of anilines is 4. The number of amidine groups is 1. The van der Waals surface area contributed by atoms with Crippen molar-refractivity contribution in [2.75, 3.05) is 49.0 Å². The van der Waals surface area contributed by atoms with Crippen LogP contribution < -0.4 is 26.3 Å². The molecule has 1 unspecified atom stereocenters. The number of halogens is 3. The van der Waals surface area contributed by atoms with Crippen LogP contribution in [0, 0.1) is 0 Å². The minimum atomic E-state index is -5.08. The van der Waals surface area contributed by atoms with E-state index >= 15 is 0 Å². The van der Waals surface area contributed by atoms with E-state index in [1.807, 2.05) is 0 Å². The lowest BCUT2D eigenvalue weighted by molar-refractivity contribution is -0.0599. The maximum atomic E-state index is 13.7. The van der Waals surface area contributed by atoms with Gasteiger partial charge in [-0.1, -0.05) is 0 Å². The van der Waals surface area contributed by atoms with Crippen LogP contribution in [0.15, 0.2) is 26.4 Å². The predicted octanol–water partition coefficient (Wildman–Crippen LogP) is 1.72. The fraction of sp³-hybridized carbons (Fsp3) is 0.375. The number of hydrazone groups is 1. The van der Waals surface area contributed by atoms with Gasteiger partial charge in [-0.2, -0.15) is 26.7 Å². The lowest BCUT2D eigenvalue weighted by Crippen LogP contribution is -2.50. The molecule has 0 fully saturated rings. The van der Waals surface area contributed by atoms with Crippen LogP contribution in [0.3, 0.4) is 0 Å². The van der Waals surface area contributed by atoms with Gasteiger partial charge < -0.3 is 20.4 Å². The fourth-order valence-corrected chi connectivity index (χ4v) is 4.26. The Bertz CT molecular complexity index is 1230. The second-order valence-corrected chi connectivity index (χ2v) is 7.91. The molecule has 31 heavy (non-hydrogen) atoms. The normalized spacial score (nSPS) is 17.2. The van der Waals surface area contributed by atoms with Crippen LogP contribution in [0.4, 0.5) is 36.1 Å². The summed E-state index contributed by atoms with van der Waals surface area (Å²) in [5.74, 6) is -1.48. The van der Waals surface area contributed by atoms with Gasteiger partial charge in [0, 0.05) is 34.3 Å². The van der Waals surface area contributed by atoms with E-state index in [1.165, 1.54) is 21.1 Å². The molecular weight excluding hydrogens is 445 g/mol. The molecule has 1 aromatic carbocycles. The topological polar surface area (TPSA) is 140 Å². The first-order valence-corrected chi connectivity index (χ1v) is 10.2. The lowest BCUT2D eigenvalue weighted by Gasteiger charge is -2.30. The molecule has 3 rings (SSSR count). The summed E-state index contributed by atoms with van der Waals surface area (Å²) in [6.45, 7) is 0. The average Bonchev–Trinajstić information content (AvgIpc) is 3.04. The van der Waals surface area contributed by atoms with Crippen molar-refractivity contribution in [1.82, 2.24) is 5.01 Å². The average molecular weight is 464 g/mol. The fourth-order valence-electron chi connectivity index (χ4n) is 3.35. The summed E-state index contributed by atoms with van der Waals surface area (Å²) >= 11 is 0. The van der Waals surface area contributed by atoms with Crippen molar-refractivity contribution in [3.8, 4) is 0 Å². The molecule has 1 aromatic heterocycles. The number of nitrogens with zero attached hydrogens (tertiary/aromatic N) is 3. The largest absolute Gasteiger partial charge is 0.451 e. The maximum Gasteiger partial charge on any atom is 0.451 e. The number of hydrogen-bond donors (Lipinski definition) is 4. The highest BCUT2D eigenvalue weighted by atomic mass is 32.2. The second kappa shape index (κ2) is 7.49. The molecule has 0 saturated heterocycles. The molecule has 15 heteroatoms. The number of alkyl halides is 3. The summed E-state index contributed by atoms with van der Waals surface area (Å²) in [4.78, 5) is 13.1. The Labute approximate surface area is 174 Å². The molecule has 0 spiro atoms. The number of hydrogen-bond acceptors (Lipinski definition) is 10. The molecule has 2 aromatic rings. The number of rotatable bonds is 5. The van der Waals surface area contributed by atoms with Gasteiger partial charge in [0.25, 0.3) is 5.50 Å². The van der Waals surface area contributed by atoms with Gasteiger partial charge in [-0.05, 0) is 6.07 Å². The summed E-state index contributed by atoms with van der Waals surface area (Å²) in [5.41, 5.74) is -3.22. The molecule has 0 aliphatic carbocycles. The van der Waals surface area contributed by atoms with E-state index in [-0.39, 0.29) is 33.9 Å². The van der Waals surface area contributed by atoms with Crippen molar-refractivity contribution >= 4 is 49.9 Å². The third-order valence-electron chi connectivity index (χ3n) is 4.55. The lowest BCUT2D eigenvalue weighted by atomic mass is 10.1. The Morgan fingerprint density at radius 1 is 1.16 bits per heavy atom. The highest BCUT2D eigenvalue weighted by Gasteiger charge is 2.53. The smallest absolute Gasteiger partial charge is 0.438 e. The molecule has 2 heterocycles. The number of benzene rings is 1. The standard InChI is InChI=1S/C16H19F3N6O5S/c1-20-7-5-8(12(22-3)11-9(26)6-10(21-2)30-13(7)11)25-14(16(17,18)19)23-24(4)15(25)31(27,28)29/h5-6,15,20-22H,1-4H3,(H,27,28,29). The Hall–Kier alpha value is -3.20. The van der Waals surface area contributed by atoms with Gasteiger partial charge in [-0.15, -0.1) is 0 Å². The highest BCUT2D eigenvalue weighted by molar-refractivity contribution is 7.86. The van der Waals surface area contributed by atoms with Gasteiger partial charge in [0.05, 0.1) is 22.4 Å². The first-order valence-electron chi connectivity index (χ1n) is 8.67. The van der Waals surface area contributed by atoms with E-state index in [0.717, 1.165) is 19.2 Å². The van der Waals surface area contributed by atoms with Gasteiger partial charge in [-0.3, -0.25) is 19.3 Å². The van der Waals surface area contributed by atoms with Crippen LogP contribution in [0.5, 0.6) is 0 Å². The molecule has 1 aliphatic rings. The summed E-state index contributed by atoms with van der Waals surface area (Å²) in [6.07, 6.45) is -5.08. The minimum absolute atomic E-state index is 0.0221. The molecule has 0 radical (unpaired) electrons. The van der Waals surface area contributed by atoms with E-state index in [0.29, 0.717) is 9.91 Å². The van der Waals surface area contributed by atoms with Gasteiger partial charge in [0.15, 0.2) is 16.9 Å². The van der Waals surface area contributed by atoms with Crippen molar-refractivity contribution in [3.63, 3.8) is 0 Å². The zero-order valence-corrected chi connectivity index (χ0v) is 17.5. The third kappa shape index (κ3) is 3.69. The van der Waals surface area contributed by atoms with Gasteiger partial charge in [0.2, 0.25) is 5.84 Å². The van der Waals surface area contributed by atoms with E-state index < -0.39 is 33.1 Å². The number of nitrogens with one attached hydrogen (secondary N) is 3. The van der Waals surface area contributed by atoms with Crippen molar-refractivity contribution in [1.29, 1.82) is 0 Å². The van der Waals surface area contributed by atoms with E-state index in [2.05, 4.69) is 21.1 Å². The Morgan fingerprint density at radius 2 is 1.81 bits per heavy atom. The van der Waals surface area contributed by atoms with Crippen LogP contribution in [0.2, 0.25) is 0 Å². The van der Waals surface area contributed by atoms with Crippen LogP contribution in [-0.2, 0) is 10.1 Å². The quantitative estimate of drug-likeness (QED) is 0.484. The van der Waals surface area contributed by atoms with E-state index in [1.54, 1.807) is 0 Å². The van der Waals surface area contributed by atoms with E-state index in [4.69, 9.17) is 4.42 Å². The van der Waals surface area contributed by atoms with Gasteiger partial charge in [-0.25, -0.2) is 0 Å². The zero-order valence-electron chi connectivity index (χ0n) is 16.7. The molecule has 0 saturated carbocycles. The van der Waals surface area contributed by atoms with Crippen LogP contribution in [-0.4, -0.2) is 63.7 Å². The van der Waals surface area contributed by atoms with E-state index in [9.17, 15) is 30.9 Å². The monoisotopic (exact) mass is 464 g/mol. The summed E-state index contributed by atoms with van der Waals surface area (Å²) < 4.78 is 80.4. The Kier molecular flexibility index (Phi) is 5.43. The maximum absolute atomic E-state index is 13.7. The molecule has 1 aliphatic heterocycles. The van der Waals surface area contributed by atoms with Crippen molar-refractivity contribution in [2.45, 2.75) is 11.7 Å². The van der Waals surface area contributed by atoms with Crippen LogP contribution >= 0.6 is 0 Å². The molecule has 4 N–H and O–H groups in total. The highest BCUT2D eigenvalue weighted by Crippen LogP contribution is 2.43. The minimum Gasteiger partial charge on any atom is -0.438 e. The molecule has 0 amide bonds. The molecule has 0 bridgehead atoms. The summed E-state index contributed by atoms with van der Waals surface area (Å²) in [7, 11) is 0.185. The second-order valence-electron chi connectivity index (χ2n) is 6.45. The number of fused-ring (bicyclic) bond motifs is 1. The first-order chi connectivity index (χ1) is 14.3. The van der Waals surface area contributed by atoms with Crippen LogP contribution in [0.25, 0.3) is 11.0 Å². The Morgan fingerprint density at radius 3 is 2.29 bits per heavy atom. The zero-order chi connectivity index (χ0) is 23.3. The van der Waals surface area contributed by atoms with Gasteiger partial charge >= 0.3 is 16.3 Å². The summed E-state index contributed by atoms with van der Waals surface area (Å²) in [5, 5.41) is 11.6. The first kappa shape index (κ1) is 22.5. The van der Waals surface area contributed by atoms with Crippen molar-refractivity contribution < 1.29 is 30.6 Å². The molecular formula is C16H19F3N6O5S. The molecule has 11 nitrogen and oxygen atoms in total. The van der Waals surface area contributed by atoms with Gasteiger partial charge in [0.1, 0.15) is 0 Å². The third-order valence-corrected chi connectivity index (χ3v) is 5.59. The SMILES string of the molecule is CNc1cc(=O)c2c(NC)c(N3C(C(F)(F)F)=NN(C)C3S(=O)(=O)O)cc(NC)c2o1. The van der Waals surface area contributed by atoms with Crippen LogP contribution in [0.1, 0.15) is 0 Å². The Balaban J connectivity index is 2.45. The van der Waals surface area contributed by atoms with Crippen molar-refractivity contribution in [3.05, 3.63) is 22.4 Å². The molecule has 1 atom stereocenters.